The second-order valence-electron chi connectivity index (χ2n) is 6.04. The van der Waals surface area contributed by atoms with Crippen LogP contribution in [-0.2, 0) is 20.7 Å². The largest absolute Gasteiger partial charge is 0.469 e. The number of para-hydroxylation sites is 1. The van der Waals surface area contributed by atoms with E-state index in [0.29, 0.717) is 19.5 Å². The van der Waals surface area contributed by atoms with Gasteiger partial charge in [0.25, 0.3) is 0 Å². The lowest BCUT2D eigenvalue weighted by atomic mass is 9.95. The Kier molecular flexibility index (Phi) is 4.37. The molecule has 2 aromatic rings. The molecule has 1 aliphatic rings. The van der Waals surface area contributed by atoms with Crippen LogP contribution in [0.1, 0.15) is 36.9 Å². The number of hydrogen-bond acceptors (Lipinski definition) is 3. The first-order valence-electron chi connectivity index (χ1n) is 8.04. The average molecular weight is 314 g/mol. The van der Waals surface area contributed by atoms with Crippen LogP contribution in [0.25, 0.3) is 10.9 Å². The van der Waals surface area contributed by atoms with Crippen LogP contribution in [0.5, 0.6) is 0 Å². The van der Waals surface area contributed by atoms with E-state index in [1.807, 2.05) is 23.1 Å². The summed E-state index contributed by atoms with van der Waals surface area (Å²) in [6.07, 6.45) is 2.21. The van der Waals surface area contributed by atoms with E-state index in [4.69, 9.17) is 4.74 Å². The Morgan fingerprint density at radius 2 is 2.04 bits per heavy atom. The molecule has 1 aromatic heterocycles. The average Bonchev–Trinajstić information content (AvgIpc) is 2.94. The van der Waals surface area contributed by atoms with E-state index in [9.17, 15) is 9.59 Å². The number of amides is 1. The topological polar surface area (TPSA) is 62.4 Å². The quantitative estimate of drug-likeness (QED) is 0.823. The summed E-state index contributed by atoms with van der Waals surface area (Å²) in [5.74, 6) is -0.425. The highest BCUT2D eigenvalue weighted by atomic mass is 16.5. The van der Waals surface area contributed by atoms with Crippen molar-refractivity contribution in [3.63, 3.8) is 0 Å². The van der Waals surface area contributed by atoms with Gasteiger partial charge in [-0.2, -0.15) is 0 Å². The zero-order valence-electron chi connectivity index (χ0n) is 13.6. The van der Waals surface area contributed by atoms with Crippen LogP contribution in [0, 0.1) is 0 Å². The zero-order chi connectivity index (χ0) is 16.4. The van der Waals surface area contributed by atoms with Crippen LogP contribution in [-0.4, -0.2) is 42.0 Å². The molecule has 0 saturated heterocycles. The number of H-pyrrole nitrogens is 1. The van der Waals surface area contributed by atoms with Gasteiger partial charge in [0.15, 0.2) is 0 Å². The van der Waals surface area contributed by atoms with Crippen LogP contribution in [0.4, 0.5) is 0 Å². The minimum atomic E-state index is -0.297. The van der Waals surface area contributed by atoms with E-state index in [2.05, 4.69) is 11.1 Å². The Bertz CT molecular complexity index is 735. The van der Waals surface area contributed by atoms with Crippen molar-refractivity contribution in [2.75, 3.05) is 20.2 Å². The van der Waals surface area contributed by atoms with Crippen LogP contribution in [0.3, 0.4) is 0 Å². The van der Waals surface area contributed by atoms with Gasteiger partial charge in [-0.05, 0) is 30.9 Å². The lowest BCUT2D eigenvalue weighted by Gasteiger charge is -2.20. The van der Waals surface area contributed by atoms with Gasteiger partial charge in [0.1, 0.15) is 0 Å². The molecule has 1 N–H and O–H groups in total. The maximum absolute atomic E-state index is 12.3. The van der Waals surface area contributed by atoms with E-state index in [1.165, 1.54) is 7.11 Å². The summed E-state index contributed by atoms with van der Waals surface area (Å²) >= 11 is 0. The number of rotatable bonds is 1. The first-order valence-corrected chi connectivity index (χ1v) is 8.04. The molecule has 0 saturated carbocycles. The minimum absolute atomic E-state index is 0.0860. The second kappa shape index (κ2) is 6.44. The Morgan fingerprint density at radius 1 is 1.26 bits per heavy atom. The molecule has 5 heteroatoms. The smallest absolute Gasteiger partial charge is 0.314 e. The predicted molar refractivity (Wildman–Crippen MR) is 88.2 cm³/mol. The van der Waals surface area contributed by atoms with Crippen LogP contribution in [0.15, 0.2) is 24.3 Å². The van der Waals surface area contributed by atoms with Crippen molar-refractivity contribution in [1.29, 1.82) is 0 Å². The van der Waals surface area contributed by atoms with Gasteiger partial charge in [-0.15, -0.1) is 0 Å². The van der Waals surface area contributed by atoms with Crippen LogP contribution >= 0.6 is 0 Å². The highest BCUT2D eigenvalue weighted by molar-refractivity contribution is 5.88. The van der Waals surface area contributed by atoms with Crippen molar-refractivity contribution in [3.05, 3.63) is 35.5 Å². The maximum Gasteiger partial charge on any atom is 0.314 e. The molecule has 3 rings (SSSR count). The number of aromatic amines is 1. The molecule has 1 amide bonds. The number of hydrogen-bond donors (Lipinski definition) is 1. The van der Waals surface area contributed by atoms with Gasteiger partial charge in [0.2, 0.25) is 5.91 Å². The molecule has 0 radical (unpaired) electrons. The molecule has 0 spiro atoms. The first-order chi connectivity index (χ1) is 11.1. The Balaban J connectivity index is 2.08. The molecule has 1 unspecified atom stereocenters. The van der Waals surface area contributed by atoms with Crippen LogP contribution < -0.4 is 0 Å². The Hall–Kier alpha value is -2.30. The highest BCUT2D eigenvalue weighted by Crippen LogP contribution is 2.32. The van der Waals surface area contributed by atoms with E-state index in [1.54, 1.807) is 6.92 Å². The summed E-state index contributed by atoms with van der Waals surface area (Å²) in [4.78, 5) is 29.3. The molecule has 1 atom stereocenters. The number of carbonyl (C=O) groups excluding carboxylic acids is 2. The lowest BCUT2D eigenvalue weighted by Crippen LogP contribution is -2.31. The minimum Gasteiger partial charge on any atom is -0.469 e. The first kappa shape index (κ1) is 15.6. The van der Waals surface area contributed by atoms with E-state index in [-0.39, 0.29) is 17.8 Å². The molecular weight excluding hydrogens is 292 g/mol. The number of ether oxygens (including phenoxy) is 1. The summed E-state index contributed by atoms with van der Waals surface area (Å²) in [5.41, 5.74) is 3.11. The molecule has 0 aliphatic carbocycles. The molecule has 23 heavy (non-hydrogen) atoms. The monoisotopic (exact) mass is 314 g/mol. The zero-order valence-corrected chi connectivity index (χ0v) is 13.6. The lowest BCUT2D eigenvalue weighted by molar-refractivity contribution is -0.142. The van der Waals surface area contributed by atoms with Crippen molar-refractivity contribution in [1.82, 2.24) is 9.88 Å². The molecule has 1 aromatic carbocycles. The summed E-state index contributed by atoms with van der Waals surface area (Å²) in [7, 11) is 1.43. The van der Waals surface area contributed by atoms with Gasteiger partial charge in [-0.25, -0.2) is 0 Å². The van der Waals surface area contributed by atoms with Gasteiger partial charge < -0.3 is 14.6 Å². The number of nitrogens with one attached hydrogen (secondary N) is 1. The number of esters is 1. The SMILES string of the molecule is COC(=O)C1CCCN(C(C)=O)CCc2c1[nH]c1ccccc21. The summed E-state index contributed by atoms with van der Waals surface area (Å²) in [6, 6.07) is 8.06. The number of nitrogens with zero attached hydrogens (tertiary/aromatic N) is 1. The molecule has 0 fully saturated rings. The Morgan fingerprint density at radius 3 is 2.78 bits per heavy atom. The molecule has 5 nitrogen and oxygen atoms in total. The van der Waals surface area contributed by atoms with Gasteiger partial charge in [0.05, 0.1) is 13.0 Å². The molecule has 2 heterocycles. The molecule has 1 aliphatic heterocycles. The third-order valence-corrected chi connectivity index (χ3v) is 4.68. The molecular formula is C18H22N2O3. The number of aromatic nitrogens is 1. The highest BCUT2D eigenvalue weighted by Gasteiger charge is 2.28. The van der Waals surface area contributed by atoms with Gasteiger partial charge in [0, 0.05) is 36.6 Å². The van der Waals surface area contributed by atoms with E-state index >= 15 is 0 Å². The number of fused-ring (bicyclic) bond motifs is 3. The Labute approximate surface area is 135 Å². The fourth-order valence-electron chi connectivity index (χ4n) is 3.47. The maximum atomic E-state index is 12.3. The van der Waals surface area contributed by atoms with E-state index in [0.717, 1.165) is 35.0 Å². The summed E-state index contributed by atoms with van der Waals surface area (Å²) in [5, 5.41) is 1.13. The summed E-state index contributed by atoms with van der Waals surface area (Å²) < 4.78 is 5.01. The van der Waals surface area contributed by atoms with Crippen LogP contribution in [0.2, 0.25) is 0 Å². The standard InChI is InChI=1S/C18H22N2O3/c1-12(21)20-10-5-7-15(18(22)23-2)17-14(9-11-20)13-6-3-4-8-16(13)19-17/h3-4,6,8,15,19H,5,7,9-11H2,1-2H3. The third kappa shape index (κ3) is 2.96. The van der Waals surface area contributed by atoms with Gasteiger partial charge in [-0.3, -0.25) is 9.59 Å². The van der Waals surface area contributed by atoms with Crippen molar-refractivity contribution in [2.45, 2.75) is 32.1 Å². The third-order valence-electron chi connectivity index (χ3n) is 4.68. The summed E-state index contributed by atoms with van der Waals surface area (Å²) in [6.45, 7) is 2.97. The normalized spacial score (nSPS) is 18.7. The fourth-order valence-corrected chi connectivity index (χ4v) is 3.47. The van der Waals surface area contributed by atoms with E-state index < -0.39 is 0 Å². The number of carbonyl (C=O) groups is 2. The predicted octanol–water partition coefficient (Wildman–Crippen LogP) is 2.61. The second-order valence-corrected chi connectivity index (χ2v) is 6.04. The van der Waals surface area contributed by atoms with Crippen molar-refractivity contribution in [3.8, 4) is 0 Å². The molecule has 0 bridgehead atoms. The fraction of sp³-hybridized carbons (Fsp3) is 0.444. The number of benzene rings is 1. The molecule has 122 valence electrons. The number of methoxy groups -OCH3 is 1. The van der Waals surface area contributed by atoms with Crippen molar-refractivity contribution >= 4 is 22.8 Å². The van der Waals surface area contributed by atoms with Gasteiger partial charge in [-0.1, -0.05) is 18.2 Å². The van der Waals surface area contributed by atoms with Crippen molar-refractivity contribution < 1.29 is 14.3 Å². The van der Waals surface area contributed by atoms with Crippen molar-refractivity contribution in [2.24, 2.45) is 0 Å². The van der Waals surface area contributed by atoms with Gasteiger partial charge >= 0.3 is 5.97 Å².